The van der Waals surface area contributed by atoms with Crippen molar-refractivity contribution >= 4 is 23.5 Å². The van der Waals surface area contributed by atoms with Crippen LogP contribution in [0.5, 0.6) is 0 Å². The summed E-state index contributed by atoms with van der Waals surface area (Å²) >= 11 is 0. The molecule has 48 heavy (non-hydrogen) atoms. The summed E-state index contributed by atoms with van der Waals surface area (Å²) in [4.78, 5) is 42.6. The number of likely N-dealkylation sites (tertiary alicyclic amines) is 1. The van der Waals surface area contributed by atoms with Gasteiger partial charge in [-0.3, -0.25) is 14.5 Å². The molecule has 2 N–H and O–H groups in total. The third-order valence-electron chi connectivity index (χ3n) is 14.2. The average Bonchev–Trinajstić information content (AvgIpc) is 3.66. The number of hydrogen-bond donors (Lipinski definition) is 2. The van der Waals surface area contributed by atoms with E-state index < -0.39 is 40.1 Å². The largest absolute Gasteiger partial charge is 0.461 e. The highest BCUT2D eigenvalue weighted by Gasteiger charge is 2.91. The first-order chi connectivity index (χ1) is 23.0. The lowest BCUT2D eigenvalue weighted by Gasteiger charge is -2.70. The Morgan fingerprint density at radius 1 is 1.00 bits per heavy atom. The molecule has 1 spiro atoms. The predicted octanol–water partition coefficient (Wildman–Crippen LogP) is 1.79. The van der Waals surface area contributed by atoms with Crippen LogP contribution in [0, 0.1) is 34.5 Å². The van der Waals surface area contributed by atoms with E-state index in [1.165, 1.54) is 0 Å². The van der Waals surface area contributed by atoms with Crippen molar-refractivity contribution in [3.05, 3.63) is 29.8 Å². The molecule has 1 unspecified atom stereocenters. The van der Waals surface area contributed by atoms with Crippen LogP contribution in [0.2, 0.25) is 0 Å². The minimum atomic E-state index is -1.69. The smallest absolute Gasteiger partial charge is 0.340 e. The number of aliphatic hydroxyl groups is 2. The van der Waals surface area contributed by atoms with E-state index >= 15 is 0 Å². The van der Waals surface area contributed by atoms with Gasteiger partial charge in [0.05, 0.1) is 48.3 Å². The number of hydrogen-bond acceptors (Lipinski definition) is 11. The van der Waals surface area contributed by atoms with Crippen LogP contribution in [-0.2, 0) is 33.3 Å². The van der Waals surface area contributed by atoms with Gasteiger partial charge in [-0.2, -0.15) is 0 Å². The number of fused-ring (bicyclic) bond motifs is 2. The molecule has 2 amide bonds. The van der Waals surface area contributed by atoms with Crippen LogP contribution in [0.4, 0.5) is 5.69 Å². The quantitative estimate of drug-likeness (QED) is 0.294. The molecule has 8 rings (SSSR count). The molecular weight excluding hydrogens is 620 g/mol. The van der Waals surface area contributed by atoms with E-state index in [0.717, 1.165) is 11.3 Å². The fourth-order valence-corrected chi connectivity index (χ4v) is 13.0. The maximum Gasteiger partial charge on any atom is 0.340 e. The summed E-state index contributed by atoms with van der Waals surface area (Å²) in [5.74, 6) is -2.00. The molecule has 0 aromatic heterocycles. The van der Waals surface area contributed by atoms with E-state index in [0.29, 0.717) is 25.9 Å². The Bertz CT molecular complexity index is 1510. The number of rotatable bonds is 9. The fraction of sp³-hybridized carbons (Fsp3) is 0.750. The van der Waals surface area contributed by atoms with Gasteiger partial charge in [-0.1, -0.05) is 19.1 Å². The van der Waals surface area contributed by atoms with Gasteiger partial charge in [0.15, 0.2) is 0 Å². The zero-order chi connectivity index (χ0) is 34.0. The second-order valence-electron chi connectivity index (χ2n) is 15.4. The Kier molecular flexibility index (Phi) is 7.52. The van der Waals surface area contributed by atoms with Crippen molar-refractivity contribution in [2.45, 2.75) is 87.1 Å². The molecule has 1 aromatic rings. The Balaban J connectivity index is 1.24. The molecule has 5 saturated carbocycles. The maximum absolute atomic E-state index is 14.0. The average molecular weight is 669 g/mol. The lowest BCUT2D eigenvalue weighted by atomic mass is 9.42. The molecule has 2 heterocycles. The van der Waals surface area contributed by atoms with Crippen molar-refractivity contribution in [2.24, 2.45) is 34.5 Å². The van der Waals surface area contributed by atoms with Gasteiger partial charge in [0.2, 0.25) is 11.8 Å². The van der Waals surface area contributed by atoms with E-state index in [-0.39, 0.29) is 90.9 Å². The van der Waals surface area contributed by atoms with Crippen LogP contribution in [-0.4, -0.2) is 123 Å². The zero-order valence-corrected chi connectivity index (χ0v) is 28.4. The van der Waals surface area contributed by atoms with Crippen molar-refractivity contribution in [1.82, 2.24) is 4.90 Å². The third-order valence-corrected chi connectivity index (χ3v) is 14.2. The third kappa shape index (κ3) is 3.67. The van der Waals surface area contributed by atoms with Crippen LogP contribution in [0.3, 0.4) is 0 Å². The molecule has 2 saturated heterocycles. The summed E-state index contributed by atoms with van der Waals surface area (Å²) in [5, 5.41) is 26.5. The number of carbonyl (C=O) groups excluding carboxylic acids is 3. The first kappa shape index (κ1) is 32.7. The summed E-state index contributed by atoms with van der Waals surface area (Å²) in [7, 11) is 6.70. The normalized spacial score (nSPS) is 47.1. The molecule has 1 aromatic carbocycles. The van der Waals surface area contributed by atoms with Gasteiger partial charge in [-0.25, -0.2) is 9.69 Å². The number of likely N-dealkylation sites (N-methyl/N-ethyl adjacent to an activating group) is 1. The highest BCUT2D eigenvalue weighted by molar-refractivity contribution is 6.21. The summed E-state index contributed by atoms with van der Waals surface area (Å²) in [6.07, 6.45) is 0.951. The van der Waals surface area contributed by atoms with E-state index in [2.05, 4.69) is 11.8 Å². The fourth-order valence-electron chi connectivity index (χ4n) is 13.0. The van der Waals surface area contributed by atoms with Gasteiger partial charge in [-0.05, 0) is 43.9 Å². The van der Waals surface area contributed by atoms with Crippen LogP contribution >= 0.6 is 0 Å². The van der Waals surface area contributed by atoms with E-state index in [9.17, 15) is 24.6 Å². The zero-order valence-electron chi connectivity index (χ0n) is 28.4. The molecule has 12 heteroatoms. The highest BCUT2D eigenvalue weighted by Crippen LogP contribution is 2.80. The number of nitrogens with zero attached hydrogens (tertiary/aromatic N) is 2. The molecule has 262 valence electrons. The Morgan fingerprint density at radius 2 is 1.73 bits per heavy atom. The minimum absolute atomic E-state index is 0.0394. The second kappa shape index (κ2) is 11.0. The first-order valence-corrected chi connectivity index (χ1v) is 17.5. The standard InChI is InChI=1S/C36H48N2O10/c1-6-37-17-33(18-48-31(41)19-9-7-8-10-22(19)38-25(39)11-12-26(38)40)14-13-24(45-3)35-21-15-20-23(44-2)16-34(42,27(21)28(20)46-4)36(43,32(35)37)30(47-5)29(33)35/h7-10,20-21,23-24,27-30,32,42-43H,6,11-18H2,1-5H3/t20-,21+,23-,24-,27+,28-,29+,30-,32?,33-,34+,35-,36-/m0/s1. The number of para-hydroxylation sites is 1. The van der Waals surface area contributed by atoms with Crippen molar-refractivity contribution in [2.75, 3.05) is 53.0 Å². The number of anilines is 1. The second-order valence-corrected chi connectivity index (χ2v) is 15.4. The Morgan fingerprint density at radius 3 is 2.38 bits per heavy atom. The molecule has 5 aliphatic carbocycles. The van der Waals surface area contributed by atoms with Crippen molar-refractivity contribution in [3.63, 3.8) is 0 Å². The van der Waals surface area contributed by atoms with E-state index in [4.69, 9.17) is 23.7 Å². The van der Waals surface area contributed by atoms with Crippen molar-refractivity contribution in [1.29, 1.82) is 0 Å². The van der Waals surface area contributed by atoms with Gasteiger partial charge >= 0.3 is 5.97 Å². The predicted molar refractivity (Wildman–Crippen MR) is 170 cm³/mol. The molecule has 7 aliphatic rings. The number of imide groups is 1. The van der Waals surface area contributed by atoms with E-state index in [1.54, 1.807) is 52.7 Å². The summed E-state index contributed by atoms with van der Waals surface area (Å²) in [6.45, 7) is 3.24. The summed E-state index contributed by atoms with van der Waals surface area (Å²) in [5.41, 5.74) is -4.15. The summed E-state index contributed by atoms with van der Waals surface area (Å²) < 4.78 is 31.3. The van der Waals surface area contributed by atoms with Gasteiger partial charge in [0, 0.05) is 82.8 Å². The monoisotopic (exact) mass is 668 g/mol. The van der Waals surface area contributed by atoms with Gasteiger partial charge in [0.25, 0.3) is 0 Å². The SMILES string of the molecule is CCN1C[C@]2(COC(=O)c3ccccc3N3C(=O)CCC3=O)CC[C@H](OC)[C@]34C1[C@@](O)([C@@H](OC)[C@H]23)[C@@]1(O)C[C@H](OC)[C@@H]2C[C@@H]4[C@@H]1[C@H]2OC. The van der Waals surface area contributed by atoms with Gasteiger partial charge in [-0.15, -0.1) is 0 Å². The van der Waals surface area contributed by atoms with Crippen LogP contribution < -0.4 is 4.90 Å². The Hall–Kier alpha value is -2.45. The molecule has 2 aliphatic heterocycles. The lowest BCUT2D eigenvalue weighted by molar-refractivity contribution is -0.320. The van der Waals surface area contributed by atoms with Crippen molar-refractivity contribution in [3.8, 4) is 0 Å². The van der Waals surface area contributed by atoms with Crippen LogP contribution in [0.25, 0.3) is 0 Å². The maximum atomic E-state index is 14.0. The molecule has 7 fully saturated rings. The number of esters is 1. The number of methoxy groups -OCH3 is 4. The Labute approximate surface area is 280 Å². The number of ether oxygens (including phenoxy) is 5. The molecule has 13 atom stereocenters. The number of carbonyl (C=O) groups is 3. The molecule has 0 radical (unpaired) electrons. The molecular formula is C36H48N2O10. The van der Waals surface area contributed by atoms with Crippen LogP contribution in [0.15, 0.2) is 24.3 Å². The van der Waals surface area contributed by atoms with Gasteiger partial charge in [0.1, 0.15) is 11.2 Å². The van der Waals surface area contributed by atoms with Crippen molar-refractivity contribution < 1.29 is 48.3 Å². The first-order valence-electron chi connectivity index (χ1n) is 17.5. The molecule has 12 nitrogen and oxygen atoms in total. The highest BCUT2D eigenvalue weighted by atomic mass is 16.5. The topological polar surface area (TPSA) is 144 Å². The minimum Gasteiger partial charge on any atom is -0.461 e. The molecule has 7 bridgehead atoms. The summed E-state index contributed by atoms with van der Waals surface area (Å²) in [6, 6.07) is 6.11. The van der Waals surface area contributed by atoms with Gasteiger partial charge < -0.3 is 33.9 Å². The van der Waals surface area contributed by atoms with Crippen LogP contribution in [0.1, 0.15) is 55.8 Å². The van der Waals surface area contributed by atoms with E-state index in [1.807, 2.05) is 0 Å². The number of amides is 2. The number of benzene rings is 1. The number of piperidine rings is 1. The lowest BCUT2D eigenvalue weighted by Crippen LogP contribution is -2.82.